The number of nitrogens with one attached hydrogen (secondary N) is 1. The summed E-state index contributed by atoms with van der Waals surface area (Å²) in [5.41, 5.74) is 2.01. The average Bonchev–Trinajstić information content (AvgIpc) is 2.45. The Balaban J connectivity index is 1.89. The molecule has 0 saturated carbocycles. The molecule has 0 fully saturated rings. The summed E-state index contributed by atoms with van der Waals surface area (Å²) in [6, 6.07) is 15.4. The first-order valence-electron chi connectivity index (χ1n) is 6.31. The molecule has 104 valence electrons. The summed E-state index contributed by atoms with van der Waals surface area (Å²) in [4.78, 5) is 11.9. The maximum absolute atomic E-state index is 11.9. The molecule has 0 bridgehead atoms. The van der Waals surface area contributed by atoms with E-state index in [0.717, 1.165) is 21.3 Å². The van der Waals surface area contributed by atoms with Gasteiger partial charge in [-0.2, -0.15) is 0 Å². The summed E-state index contributed by atoms with van der Waals surface area (Å²) < 4.78 is 6.15. The van der Waals surface area contributed by atoms with Gasteiger partial charge in [0.25, 0.3) is 0 Å². The Morgan fingerprint density at radius 2 is 1.90 bits per heavy atom. The zero-order chi connectivity index (χ0) is 14.4. The molecule has 0 aliphatic rings. The summed E-state index contributed by atoms with van der Waals surface area (Å²) in [7, 11) is 1.62. The van der Waals surface area contributed by atoms with E-state index in [0.29, 0.717) is 13.0 Å². The zero-order valence-electron chi connectivity index (χ0n) is 11.2. The molecule has 0 heterocycles. The van der Waals surface area contributed by atoms with Crippen LogP contribution in [0.25, 0.3) is 0 Å². The van der Waals surface area contributed by atoms with Gasteiger partial charge in [-0.3, -0.25) is 4.79 Å². The zero-order valence-corrected chi connectivity index (χ0v) is 12.8. The molecule has 0 radical (unpaired) electrons. The molecule has 20 heavy (non-hydrogen) atoms. The van der Waals surface area contributed by atoms with Crippen LogP contribution in [0.5, 0.6) is 5.75 Å². The van der Waals surface area contributed by atoms with E-state index in [4.69, 9.17) is 4.74 Å². The minimum atomic E-state index is -0.00164. The molecular formula is C16H16BrNO2. The lowest BCUT2D eigenvalue weighted by Crippen LogP contribution is -2.24. The van der Waals surface area contributed by atoms with Gasteiger partial charge in [-0.15, -0.1) is 0 Å². The van der Waals surface area contributed by atoms with Crippen LogP contribution in [0.3, 0.4) is 0 Å². The lowest BCUT2D eigenvalue weighted by Gasteiger charge is -2.07. The Labute approximate surface area is 127 Å². The van der Waals surface area contributed by atoms with Crippen LogP contribution < -0.4 is 10.1 Å². The molecule has 0 aliphatic heterocycles. The highest BCUT2D eigenvalue weighted by atomic mass is 79.9. The van der Waals surface area contributed by atoms with Crippen LogP contribution in [0.1, 0.15) is 11.1 Å². The van der Waals surface area contributed by atoms with Gasteiger partial charge in [-0.1, -0.05) is 40.2 Å². The van der Waals surface area contributed by atoms with Crippen LogP contribution in [0.4, 0.5) is 0 Å². The van der Waals surface area contributed by atoms with Crippen LogP contribution >= 0.6 is 15.9 Å². The largest absolute Gasteiger partial charge is 0.497 e. The fourth-order valence-corrected chi connectivity index (χ4v) is 2.32. The summed E-state index contributed by atoms with van der Waals surface area (Å²) >= 11 is 3.41. The lowest BCUT2D eigenvalue weighted by molar-refractivity contribution is -0.120. The fourth-order valence-electron chi connectivity index (χ4n) is 1.88. The SMILES string of the molecule is COc1cccc(CC(=O)NCc2cccc(Br)c2)c1. The maximum Gasteiger partial charge on any atom is 0.224 e. The van der Waals surface area contributed by atoms with Gasteiger partial charge in [0.15, 0.2) is 0 Å². The minimum absolute atomic E-state index is 0.00164. The summed E-state index contributed by atoms with van der Waals surface area (Å²) in [5.74, 6) is 0.764. The Morgan fingerprint density at radius 3 is 2.65 bits per heavy atom. The van der Waals surface area contributed by atoms with Crippen LogP contribution in [-0.4, -0.2) is 13.0 Å². The van der Waals surface area contributed by atoms with E-state index in [2.05, 4.69) is 21.2 Å². The van der Waals surface area contributed by atoms with Crippen molar-refractivity contribution in [2.24, 2.45) is 0 Å². The molecule has 0 unspecified atom stereocenters. The molecule has 1 amide bonds. The Bertz CT molecular complexity index is 599. The first kappa shape index (κ1) is 14.6. The molecule has 1 N–H and O–H groups in total. The molecule has 0 aromatic heterocycles. The van der Waals surface area contributed by atoms with Crippen molar-refractivity contribution in [2.45, 2.75) is 13.0 Å². The second-order valence-corrected chi connectivity index (χ2v) is 5.35. The number of halogens is 1. The summed E-state index contributed by atoms with van der Waals surface area (Å²) in [5, 5.41) is 2.91. The number of amides is 1. The second kappa shape index (κ2) is 7.10. The number of carbonyl (C=O) groups excluding carboxylic acids is 1. The highest BCUT2D eigenvalue weighted by molar-refractivity contribution is 9.10. The average molecular weight is 334 g/mol. The van der Waals surface area contributed by atoms with Crippen molar-refractivity contribution in [2.75, 3.05) is 7.11 Å². The van der Waals surface area contributed by atoms with Gasteiger partial charge in [0.1, 0.15) is 5.75 Å². The van der Waals surface area contributed by atoms with Crippen LogP contribution in [0.2, 0.25) is 0 Å². The normalized spacial score (nSPS) is 10.1. The maximum atomic E-state index is 11.9. The summed E-state index contributed by atoms with van der Waals surface area (Å²) in [6.45, 7) is 0.530. The Hall–Kier alpha value is -1.81. The monoisotopic (exact) mass is 333 g/mol. The highest BCUT2D eigenvalue weighted by Crippen LogP contribution is 2.13. The van der Waals surface area contributed by atoms with Gasteiger partial charge < -0.3 is 10.1 Å². The predicted molar refractivity (Wildman–Crippen MR) is 82.7 cm³/mol. The fraction of sp³-hybridized carbons (Fsp3) is 0.188. The molecule has 0 aliphatic carbocycles. The van der Waals surface area contributed by atoms with E-state index in [1.165, 1.54) is 0 Å². The molecule has 0 atom stereocenters. The highest BCUT2D eigenvalue weighted by Gasteiger charge is 2.04. The van der Waals surface area contributed by atoms with Gasteiger partial charge >= 0.3 is 0 Å². The van der Waals surface area contributed by atoms with Crippen molar-refractivity contribution < 1.29 is 9.53 Å². The first-order chi connectivity index (χ1) is 9.67. The van der Waals surface area contributed by atoms with Gasteiger partial charge in [-0.25, -0.2) is 0 Å². The van der Waals surface area contributed by atoms with Crippen LogP contribution in [0, 0.1) is 0 Å². The standard InChI is InChI=1S/C16H16BrNO2/c1-20-15-7-3-4-12(9-15)10-16(19)18-11-13-5-2-6-14(17)8-13/h2-9H,10-11H2,1H3,(H,18,19). The Morgan fingerprint density at radius 1 is 1.15 bits per heavy atom. The van der Waals surface area contributed by atoms with Crippen molar-refractivity contribution in [3.63, 3.8) is 0 Å². The minimum Gasteiger partial charge on any atom is -0.497 e. The van der Waals surface area contributed by atoms with E-state index in [-0.39, 0.29) is 5.91 Å². The number of benzene rings is 2. The summed E-state index contributed by atoms with van der Waals surface area (Å²) in [6.07, 6.45) is 0.352. The second-order valence-electron chi connectivity index (χ2n) is 4.43. The molecule has 3 nitrogen and oxygen atoms in total. The third-order valence-electron chi connectivity index (χ3n) is 2.88. The first-order valence-corrected chi connectivity index (χ1v) is 7.11. The Kier molecular flexibility index (Phi) is 5.18. The van der Waals surface area contributed by atoms with Crippen LogP contribution in [0.15, 0.2) is 53.0 Å². The number of rotatable bonds is 5. The number of hydrogen-bond donors (Lipinski definition) is 1. The smallest absolute Gasteiger partial charge is 0.224 e. The molecule has 0 spiro atoms. The quantitative estimate of drug-likeness (QED) is 0.911. The van der Waals surface area contributed by atoms with Crippen molar-refractivity contribution in [3.8, 4) is 5.75 Å². The number of methoxy groups -OCH3 is 1. The van der Waals surface area contributed by atoms with E-state index < -0.39 is 0 Å². The van der Waals surface area contributed by atoms with Crippen molar-refractivity contribution in [3.05, 3.63) is 64.1 Å². The topological polar surface area (TPSA) is 38.3 Å². The van der Waals surface area contributed by atoms with Gasteiger partial charge in [0, 0.05) is 11.0 Å². The lowest BCUT2D eigenvalue weighted by atomic mass is 10.1. The number of carbonyl (C=O) groups is 1. The molecule has 2 aromatic carbocycles. The van der Waals surface area contributed by atoms with E-state index in [1.807, 2.05) is 48.5 Å². The number of hydrogen-bond acceptors (Lipinski definition) is 2. The van der Waals surface area contributed by atoms with Gasteiger partial charge in [0.2, 0.25) is 5.91 Å². The molecule has 4 heteroatoms. The predicted octanol–water partition coefficient (Wildman–Crippen LogP) is 3.32. The van der Waals surface area contributed by atoms with Gasteiger partial charge in [0.05, 0.1) is 13.5 Å². The molecular weight excluding hydrogens is 318 g/mol. The van der Waals surface area contributed by atoms with E-state index in [1.54, 1.807) is 7.11 Å². The van der Waals surface area contributed by atoms with Crippen molar-refractivity contribution in [1.82, 2.24) is 5.32 Å². The third-order valence-corrected chi connectivity index (χ3v) is 3.37. The molecule has 2 rings (SSSR count). The molecule has 0 saturated heterocycles. The van der Waals surface area contributed by atoms with Gasteiger partial charge in [-0.05, 0) is 35.4 Å². The van der Waals surface area contributed by atoms with Crippen molar-refractivity contribution in [1.29, 1.82) is 0 Å². The van der Waals surface area contributed by atoms with E-state index in [9.17, 15) is 4.79 Å². The third kappa shape index (κ3) is 4.38. The van der Waals surface area contributed by atoms with Crippen molar-refractivity contribution >= 4 is 21.8 Å². The molecule has 2 aromatic rings. The van der Waals surface area contributed by atoms with Crippen LogP contribution in [-0.2, 0) is 17.8 Å². The van der Waals surface area contributed by atoms with E-state index >= 15 is 0 Å². The number of ether oxygens (including phenoxy) is 1.